The van der Waals surface area contributed by atoms with Crippen LogP contribution in [0, 0.1) is 6.92 Å². The van der Waals surface area contributed by atoms with Gasteiger partial charge >= 0.3 is 5.97 Å². The average molecular weight is 418 g/mol. The van der Waals surface area contributed by atoms with Crippen molar-refractivity contribution < 1.29 is 14.7 Å². The normalized spacial score (nSPS) is 10.7. The van der Waals surface area contributed by atoms with Gasteiger partial charge in [-0.15, -0.1) is 0 Å². The van der Waals surface area contributed by atoms with Crippen LogP contribution < -0.4 is 5.32 Å². The summed E-state index contributed by atoms with van der Waals surface area (Å²) < 4.78 is 3.64. The predicted molar refractivity (Wildman–Crippen MR) is 98.0 cm³/mol. The molecule has 3 rings (SSSR count). The molecule has 8 nitrogen and oxygen atoms in total. The van der Waals surface area contributed by atoms with E-state index in [-0.39, 0.29) is 18.0 Å². The van der Waals surface area contributed by atoms with Gasteiger partial charge in [0.15, 0.2) is 5.82 Å². The number of aromatic carboxylic acids is 1. The lowest BCUT2D eigenvalue weighted by Gasteiger charge is -2.04. The molecule has 1 aromatic carbocycles. The van der Waals surface area contributed by atoms with Crippen molar-refractivity contribution in [3.05, 3.63) is 64.0 Å². The smallest absolute Gasteiger partial charge is 0.338 e. The molecule has 0 aliphatic heterocycles. The van der Waals surface area contributed by atoms with Gasteiger partial charge in [-0.25, -0.2) is 4.79 Å². The molecule has 0 aliphatic rings. The van der Waals surface area contributed by atoms with Gasteiger partial charge in [0.05, 0.1) is 22.8 Å². The van der Waals surface area contributed by atoms with Gasteiger partial charge in [0, 0.05) is 12.4 Å². The zero-order valence-electron chi connectivity index (χ0n) is 13.9. The van der Waals surface area contributed by atoms with E-state index in [9.17, 15) is 9.59 Å². The van der Waals surface area contributed by atoms with Gasteiger partial charge in [0.1, 0.15) is 6.54 Å². The number of aromatic nitrogens is 4. The van der Waals surface area contributed by atoms with Crippen molar-refractivity contribution in [3.63, 3.8) is 0 Å². The minimum absolute atomic E-state index is 0.0290. The Bertz CT molecular complexity index is 946. The monoisotopic (exact) mass is 417 g/mol. The highest BCUT2D eigenvalue weighted by Crippen LogP contribution is 2.21. The number of nitrogens with one attached hydrogen (secondary N) is 1. The summed E-state index contributed by atoms with van der Waals surface area (Å²) >= 11 is 3.38. The number of halogens is 1. The van der Waals surface area contributed by atoms with E-state index in [0.717, 1.165) is 5.56 Å². The number of carboxylic acids is 1. The SMILES string of the molecule is Cc1ccc(Cn2cc(Br)c(NC(=O)Cn3cc(C(=O)O)cn3)n2)cc1. The van der Waals surface area contributed by atoms with Gasteiger partial charge in [-0.1, -0.05) is 29.8 Å². The van der Waals surface area contributed by atoms with Crippen LogP contribution in [0.4, 0.5) is 5.82 Å². The predicted octanol–water partition coefficient (Wildman–Crippen LogP) is 2.54. The summed E-state index contributed by atoms with van der Waals surface area (Å²) in [5.74, 6) is -1.05. The van der Waals surface area contributed by atoms with Gasteiger partial charge in [-0.3, -0.25) is 14.2 Å². The molecule has 0 unspecified atom stereocenters. The number of aryl methyl sites for hydroxylation is 1. The molecule has 3 aromatic rings. The third-order valence-electron chi connectivity index (χ3n) is 3.63. The molecule has 0 spiro atoms. The van der Waals surface area contributed by atoms with E-state index in [1.807, 2.05) is 31.2 Å². The Labute approximate surface area is 157 Å². The van der Waals surface area contributed by atoms with Crippen LogP contribution in [0.1, 0.15) is 21.5 Å². The fraction of sp³-hybridized carbons (Fsp3) is 0.176. The van der Waals surface area contributed by atoms with Crippen LogP contribution in [0.5, 0.6) is 0 Å². The van der Waals surface area contributed by atoms with Crippen LogP contribution in [0.2, 0.25) is 0 Å². The van der Waals surface area contributed by atoms with Gasteiger partial charge in [-0.2, -0.15) is 10.2 Å². The Hall–Kier alpha value is -2.94. The maximum absolute atomic E-state index is 12.1. The number of rotatable bonds is 6. The van der Waals surface area contributed by atoms with E-state index < -0.39 is 5.97 Å². The second-order valence-corrected chi connectivity index (χ2v) is 6.64. The number of hydrogen-bond acceptors (Lipinski definition) is 4. The molecule has 0 fully saturated rings. The van der Waals surface area contributed by atoms with Crippen molar-refractivity contribution in [3.8, 4) is 0 Å². The van der Waals surface area contributed by atoms with Crippen molar-refractivity contribution in [2.24, 2.45) is 0 Å². The molecule has 0 saturated heterocycles. The quantitative estimate of drug-likeness (QED) is 0.641. The van der Waals surface area contributed by atoms with Crippen LogP contribution in [-0.2, 0) is 17.9 Å². The highest BCUT2D eigenvalue weighted by atomic mass is 79.9. The molecule has 0 aliphatic carbocycles. The first-order chi connectivity index (χ1) is 12.4. The fourth-order valence-corrected chi connectivity index (χ4v) is 2.74. The van der Waals surface area contributed by atoms with Gasteiger partial charge in [-0.05, 0) is 28.4 Å². The Morgan fingerprint density at radius 3 is 2.58 bits per heavy atom. The maximum Gasteiger partial charge on any atom is 0.338 e. The molecule has 9 heteroatoms. The molecule has 2 heterocycles. The van der Waals surface area contributed by atoms with Gasteiger partial charge in [0.25, 0.3) is 0 Å². The lowest BCUT2D eigenvalue weighted by molar-refractivity contribution is -0.116. The van der Waals surface area contributed by atoms with Crippen LogP contribution in [0.15, 0.2) is 47.3 Å². The standard InChI is InChI=1S/C17H16BrN5O3/c1-11-2-4-12(5-3-11)7-23-9-14(18)16(21-23)20-15(24)10-22-8-13(6-19-22)17(25)26/h2-6,8-9H,7,10H2,1H3,(H,25,26)(H,20,21,24). The molecule has 0 bridgehead atoms. The first-order valence-corrected chi connectivity index (χ1v) is 8.54. The number of amides is 1. The van der Waals surface area contributed by atoms with Crippen LogP contribution >= 0.6 is 15.9 Å². The lowest BCUT2D eigenvalue weighted by atomic mass is 10.1. The number of carbonyl (C=O) groups is 2. The average Bonchev–Trinajstić information content (AvgIpc) is 3.17. The van der Waals surface area contributed by atoms with Crippen molar-refractivity contribution in [2.75, 3.05) is 5.32 Å². The molecular formula is C17H16BrN5O3. The topological polar surface area (TPSA) is 102 Å². The second kappa shape index (κ2) is 7.52. The highest BCUT2D eigenvalue weighted by molar-refractivity contribution is 9.10. The van der Waals surface area contributed by atoms with E-state index in [1.54, 1.807) is 10.9 Å². The third-order valence-corrected chi connectivity index (χ3v) is 4.21. The Kier molecular flexibility index (Phi) is 5.17. The summed E-state index contributed by atoms with van der Waals surface area (Å²) in [6, 6.07) is 8.12. The largest absolute Gasteiger partial charge is 0.478 e. The van der Waals surface area contributed by atoms with E-state index >= 15 is 0 Å². The molecule has 0 radical (unpaired) electrons. The zero-order chi connectivity index (χ0) is 18.7. The summed E-state index contributed by atoms with van der Waals surface area (Å²) in [6.45, 7) is 2.50. The molecule has 1 amide bonds. The molecule has 26 heavy (non-hydrogen) atoms. The molecule has 134 valence electrons. The van der Waals surface area contributed by atoms with E-state index in [4.69, 9.17) is 5.11 Å². The Morgan fingerprint density at radius 1 is 1.19 bits per heavy atom. The van der Waals surface area contributed by atoms with Crippen molar-refractivity contribution >= 4 is 33.6 Å². The Balaban J connectivity index is 1.63. The number of benzene rings is 1. The summed E-state index contributed by atoms with van der Waals surface area (Å²) in [5.41, 5.74) is 2.32. The number of nitrogens with zero attached hydrogens (tertiary/aromatic N) is 4. The molecule has 2 aromatic heterocycles. The maximum atomic E-state index is 12.1. The van der Waals surface area contributed by atoms with E-state index in [1.165, 1.54) is 22.6 Å². The molecule has 0 atom stereocenters. The van der Waals surface area contributed by atoms with Crippen molar-refractivity contribution in [2.45, 2.75) is 20.0 Å². The molecular weight excluding hydrogens is 402 g/mol. The molecule has 2 N–H and O–H groups in total. The van der Waals surface area contributed by atoms with Crippen LogP contribution in [-0.4, -0.2) is 36.5 Å². The van der Waals surface area contributed by atoms with E-state index in [2.05, 4.69) is 31.4 Å². The second-order valence-electron chi connectivity index (χ2n) is 5.79. The van der Waals surface area contributed by atoms with Gasteiger partial charge in [0.2, 0.25) is 5.91 Å². The Morgan fingerprint density at radius 2 is 1.92 bits per heavy atom. The minimum Gasteiger partial charge on any atom is -0.478 e. The summed E-state index contributed by atoms with van der Waals surface area (Å²) in [7, 11) is 0. The van der Waals surface area contributed by atoms with Crippen molar-refractivity contribution in [1.29, 1.82) is 0 Å². The summed E-state index contributed by atoms with van der Waals surface area (Å²) in [4.78, 5) is 23.0. The number of anilines is 1. The fourth-order valence-electron chi connectivity index (χ4n) is 2.32. The number of carbonyl (C=O) groups excluding carboxylic acids is 1. The minimum atomic E-state index is -1.09. The van der Waals surface area contributed by atoms with Crippen LogP contribution in [0.25, 0.3) is 0 Å². The highest BCUT2D eigenvalue weighted by Gasteiger charge is 2.13. The first kappa shape index (κ1) is 17.9. The van der Waals surface area contributed by atoms with E-state index in [0.29, 0.717) is 16.8 Å². The lowest BCUT2D eigenvalue weighted by Crippen LogP contribution is -2.19. The molecule has 0 saturated carbocycles. The van der Waals surface area contributed by atoms with Gasteiger partial charge < -0.3 is 10.4 Å². The van der Waals surface area contributed by atoms with Crippen LogP contribution in [0.3, 0.4) is 0 Å². The third kappa shape index (κ3) is 4.37. The summed E-state index contributed by atoms with van der Waals surface area (Å²) in [5, 5.41) is 19.8. The summed E-state index contributed by atoms with van der Waals surface area (Å²) in [6.07, 6.45) is 4.28. The number of carboxylic acid groups (broad SMARTS) is 1. The first-order valence-electron chi connectivity index (χ1n) is 7.75. The number of hydrogen-bond donors (Lipinski definition) is 2. The zero-order valence-corrected chi connectivity index (χ0v) is 15.5. The van der Waals surface area contributed by atoms with Crippen molar-refractivity contribution in [1.82, 2.24) is 19.6 Å².